The van der Waals surface area contributed by atoms with Crippen LogP contribution in [-0.2, 0) is 16.1 Å². The Labute approximate surface area is 139 Å². The van der Waals surface area contributed by atoms with Gasteiger partial charge in [0.15, 0.2) is 0 Å². The lowest BCUT2D eigenvalue weighted by atomic mass is 10.0. The average Bonchev–Trinajstić information content (AvgIpc) is 2.49. The number of esters is 1. The van der Waals surface area contributed by atoms with Crippen molar-refractivity contribution in [1.82, 2.24) is 9.55 Å². The van der Waals surface area contributed by atoms with Gasteiger partial charge in [-0.3, -0.25) is 4.57 Å². The number of hydrogen-bond acceptors (Lipinski definition) is 6. The molecule has 6 nitrogen and oxygen atoms in total. The second-order valence-electron chi connectivity index (χ2n) is 5.18. The molecule has 23 heavy (non-hydrogen) atoms. The normalized spacial score (nSPS) is 10.6. The first-order chi connectivity index (χ1) is 10.9. The Balaban J connectivity index is 2.69. The van der Waals surface area contributed by atoms with Crippen molar-refractivity contribution in [3.63, 3.8) is 0 Å². The standard InChI is InChI=1S/C16H19N3O3S/c1-9-5-11(7-21-3)6-10(2)13(9)19-8-18-14(17)12(15(19)23)16(20)22-4/h5-6,8H,7,17H2,1-4H3. The van der Waals surface area contributed by atoms with Crippen LogP contribution in [-0.4, -0.2) is 29.7 Å². The van der Waals surface area contributed by atoms with Gasteiger partial charge in [-0.05, 0) is 30.5 Å². The number of aryl methyl sites for hydroxylation is 2. The summed E-state index contributed by atoms with van der Waals surface area (Å²) in [6.07, 6.45) is 1.52. The van der Waals surface area contributed by atoms with Gasteiger partial charge in [0.1, 0.15) is 22.3 Å². The van der Waals surface area contributed by atoms with E-state index in [-0.39, 0.29) is 16.0 Å². The Hall–Kier alpha value is -2.25. The first-order valence-corrected chi connectivity index (χ1v) is 7.36. The summed E-state index contributed by atoms with van der Waals surface area (Å²) in [6.45, 7) is 4.47. The quantitative estimate of drug-likeness (QED) is 0.684. The van der Waals surface area contributed by atoms with Crippen LogP contribution in [0, 0.1) is 18.5 Å². The number of rotatable bonds is 4. The van der Waals surface area contributed by atoms with Crippen LogP contribution in [0.1, 0.15) is 27.0 Å². The van der Waals surface area contributed by atoms with Crippen molar-refractivity contribution >= 4 is 24.0 Å². The lowest BCUT2D eigenvalue weighted by Gasteiger charge is -2.16. The molecule has 0 bridgehead atoms. The van der Waals surface area contributed by atoms with Crippen LogP contribution in [0.2, 0.25) is 0 Å². The van der Waals surface area contributed by atoms with Gasteiger partial charge in [-0.1, -0.05) is 24.4 Å². The summed E-state index contributed by atoms with van der Waals surface area (Å²) in [7, 11) is 2.94. The van der Waals surface area contributed by atoms with E-state index in [0.717, 1.165) is 22.4 Å². The number of carbonyl (C=O) groups is 1. The van der Waals surface area contributed by atoms with Gasteiger partial charge in [0, 0.05) is 7.11 Å². The van der Waals surface area contributed by atoms with Crippen LogP contribution in [0.4, 0.5) is 5.82 Å². The van der Waals surface area contributed by atoms with Crippen LogP contribution >= 0.6 is 12.2 Å². The number of nitrogens with zero attached hydrogens (tertiary/aromatic N) is 2. The maximum atomic E-state index is 11.9. The predicted molar refractivity (Wildman–Crippen MR) is 90.3 cm³/mol. The van der Waals surface area contributed by atoms with E-state index in [4.69, 9.17) is 27.4 Å². The second-order valence-corrected chi connectivity index (χ2v) is 5.57. The highest BCUT2D eigenvalue weighted by Gasteiger charge is 2.18. The first-order valence-electron chi connectivity index (χ1n) is 6.95. The molecule has 2 rings (SSSR count). The number of carbonyl (C=O) groups excluding carboxylic acids is 1. The van der Waals surface area contributed by atoms with Gasteiger partial charge in [0.25, 0.3) is 0 Å². The molecule has 0 aliphatic carbocycles. The van der Waals surface area contributed by atoms with E-state index in [0.29, 0.717) is 6.61 Å². The fraction of sp³-hybridized carbons (Fsp3) is 0.312. The molecule has 1 aromatic carbocycles. The lowest BCUT2D eigenvalue weighted by Crippen LogP contribution is -2.14. The highest BCUT2D eigenvalue weighted by molar-refractivity contribution is 7.71. The molecule has 7 heteroatoms. The molecule has 0 fully saturated rings. The average molecular weight is 333 g/mol. The molecule has 0 aliphatic rings. The zero-order valence-electron chi connectivity index (χ0n) is 13.5. The number of methoxy groups -OCH3 is 2. The molecule has 122 valence electrons. The third-order valence-corrected chi connectivity index (χ3v) is 3.89. The van der Waals surface area contributed by atoms with Crippen molar-refractivity contribution in [1.29, 1.82) is 0 Å². The smallest absolute Gasteiger partial charge is 0.344 e. The molecule has 1 heterocycles. The summed E-state index contributed by atoms with van der Waals surface area (Å²) in [5.41, 5.74) is 9.80. The Kier molecular flexibility index (Phi) is 5.12. The van der Waals surface area contributed by atoms with Gasteiger partial charge in [0.2, 0.25) is 0 Å². The lowest BCUT2D eigenvalue weighted by molar-refractivity contribution is 0.0600. The van der Waals surface area contributed by atoms with Crippen LogP contribution < -0.4 is 5.73 Å². The summed E-state index contributed by atoms with van der Waals surface area (Å²) < 4.78 is 11.9. The summed E-state index contributed by atoms with van der Waals surface area (Å²) in [4.78, 5) is 16.0. The van der Waals surface area contributed by atoms with E-state index in [2.05, 4.69) is 4.98 Å². The molecular weight excluding hydrogens is 314 g/mol. The Morgan fingerprint density at radius 2 is 1.91 bits per heavy atom. The summed E-state index contributed by atoms with van der Waals surface area (Å²) in [5, 5.41) is 0. The van der Waals surface area contributed by atoms with Crippen LogP contribution in [0.3, 0.4) is 0 Å². The minimum absolute atomic E-state index is 0.0596. The van der Waals surface area contributed by atoms with Gasteiger partial charge < -0.3 is 15.2 Å². The Morgan fingerprint density at radius 1 is 1.30 bits per heavy atom. The van der Waals surface area contributed by atoms with E-state index >= 15 is 0 Å². The number of nitrogen functional groups attached to an aromatic ring is 1. The van der Waals surface area contributed by atoms with Crippen LogP contribution in [0.15, 0.2) is 18.5 Å². The first kappa shape index (κ1) is 17.1. The third kappa shape index (κ3) is 3.25. The Morgan fingerprint density at radius 3 is 2.43 bits per heavy atom. The van der Waals surface area contributed by atoms with Crippen molar-refractivity contribution in [3.05, 3.63) is 45.4 Å². The molecule has 0 saturated heterocycles. The zero-order valence-corrected chi connectivity index (χ0v) is 14.4. The SMILES string of the molecule is COCc1cc(C)c(-n2cnc(N)c(C(=O)OC)c2=S)c(C)c1. The highest BCUT2D eigenvalue weighted by Crippen LogP contribution is 2.24. The largest absolute Gasteiger partial charge is 0.465 e. The van der Waals surface area contributed by atoms with Crippen molar-refractivity contribution in [2.24, 2.45) is 0 Å². The van der Waals surface area contributed by atoms with Crippen LogP contribution in [0.25, 0.3) is 5.69 Å². The maximum Gasteiger partial charge on any atom is 0.344 e. The fourth-order valence-electron chi connectivity index (χ4n) is 2.60. The van der Waals surface area contributed by atoms with Crippen molar-refractivity contribution in [2.75, 3.05) is 20.0 Å². The molecule has 0 radical (unpaired) electrons. The number of aromatic nitrogens is 2. The van der Waals surface area contributed by atoms with Crippen molar-refractivity contribution in [3.8, 4) is 5.69 Å². The molecular formula is C16H19N3O3S. The summed E-state index contributed by atoms with van der Waals surface area (Å²) >= 11 is 5.42. The van der Waals surface area contributed by atoms with Crippen molar-refractivity contribution < 1.29 is 14.3 Å². The molecule has 0 unspecified atom stereocenters. The molecule has 2 aromatic rings. The number of nitrogens with two attached hydrogens (primary N) is 1. The monoisotopic (exact) mass is 333 g/mol. The number of hydrogen-bond donors (Lipinski definition) is 1. The van der Waals surface area contributed by atoms with E-state index in [1.807, 2.05) is 26.0 Å². The second kappa shape index (κ2) is 6.89. The topological polar surface area (TPSA) is 79.4 Å². The molecule has 0 spiro atoms. The number of anilines is 1. The summed E-state index contributed by atoms with van der Waals surface area (Å²) in [5.74, 6) is -0.537. The molecule has 0 atom stereocenters. The molecule has 0 saturated carbocycles. The van der Waals surface area contributed by atoms with Crippen molar-refractivity contribution in [2.45, 2.75) is 20.5 Å². The highest BCUT2D eigenvalue weighted by atomic mass is 32.1. The van der Waals surface area contributed by atoms with Gasteiger partial charge in [-0.25, -0.2) is 9.78 Å². The number of benzene rings is 1. The number of ether oxygens (including phenoxy) is 2. The zero-order chi connectivity index (χ0) is 17.1. The van der Waals surface area contributed by atoms with E-state index in [1.54, 1.807) is 11.7 Å². The van der Waals surface area contributed by atoms with Gasteiger partial charge >= 0.3 is 5.97 Å². The Bertz CT molecular complexity index is 792. The van der Waals surface area contributed by atoms with Gasteiger partial charge in [-0.15, -0.1) is 0 Å². The van der Waals surface area contributed by atoms with E-state index in [9.17, 15) is 4.79 Å². The maximum absolute atomic E-state index is 11.9. The van der Waals surface area contributed by atoms with E-state index in [1.165, 1.54) is 13.4 Å². The van der Waals surface area contributed by atoms with E-state index < -0.39 is 5.97 Å². The molecule has 0 amide bonds. The molecule has 1 aromatic heterocycles. The molecule has 0 aliphatic heterocycles. The summed E-state index contributed by atoms with van der Waals surface area (Å²) in [6, 6.07) is 4.03. The predicted octanol–water partition coefficient (Wildman–Crippen LogP) is 2.73. The van der Waals surface area contributed by atoms with Gasteiger partial charge in [0.05, 0.1) is 19.4 Å². The minimum atomic E-state index is -0.597. The minimum Gasteiger partial charge on any atom is -0.465 e. The van der Waals surface area contributed by atoms with Crippen LogP contribution in [0.5, 0.6) is 0 Å². The molecule has 2 N–H and O–H groups in total. The third-order valence-electron chi connectivity index (χ3n) is 3.49. The van der Waals surface area contributed by atoms with Gasteiger partial charge in [-0.2, -0.15) is 0 Å². The fourth-order valence-corrected chi connectivity index (χ4v) is 2.92.